The van der Waals surface area contributed by atoms with Gasteiger partial charge in [-0.3, -0.25) is 9.78 Å². The quantitative estimate of drug-likeness (QED) is 0.353. The first kappa shape index (κ1) is 29.0. The fourth-order valence-electron chi connectivity index (χ4n) is 4.20. The predicted molar refractivity (Wildman–Crippen MR) is 142 cm³/mol. The number of aromatic nitrogens is 1. The Labute approximate surface area is 210 Å². The van der Waals surface area contributed by atoms with Gasteiger partial charge < -0.3 is 14.7 Å². The molecule has 3 rings (SSSR count). The van der Waals surface area contributed by atoms with Crippen molar-refractivity contribution in [3.63, 3.8) is 0 Å². The van der Waals surface area contributed by atoms with E-state index in [1.54, 1.807) is 20.8 Å². The van der Waals surface area contributed by atoms with Crippen molar-refractivity contribution >= 4 is 27.2 Å². The summed E-state index contributed by atoms with van der Waals surface area (Å²) in [6.45, 7) is 10.3. The van der Waals surface area contributed by atoms with E-state index in [1.807, 2.05) is 12.3 Å². The van der Waals surface area contributed by atoms with Gasteiger partial charge in [-0.2, -0.15) is 0 Å². The van der Waals surface area contributed by atoms with Crippen molar-refractivity contribution in [2.75, 3.05) is 25.4 Å². The molecular formula is C27H42N2O5S. The Balaban J connectivity index is 0.00000137. The normalized spacial score (nSPS) is 15.4. The standard InChI is InChI=1S/C26H40N2O3S.CH2O2/c1-5-6-10-21-19-22-11-9-14-27-25(22)24(20-21)31-23-12-16-28(17-13-23)15-7-8-18-32(29,30)26(2,3)4;2-1-3/h9,11,14,19-20,23H,5-8,10,12-13,15-18H2,1-4H3;1H,(H,2,3). The lowest BCUT2D eigenvalue weighted by Crippen LogP contribution is -2.39. The molecule has 0 bridgehead atoms. The lowest BCUT2D eigenvalue weighted by Gasteiger charge is -2.32. The van der Waals surface area contributed by atoms with Crippen LogP contribution in [-0.2, 0) is 21.1 Å². The number of pyridine rings is 1. The number of sulfone groups is 1. The maximum absolute atomic E-state index is 12.3. The molecule has 1 aliphatic heterocycles. The molecule has 1 fully saturated rings. The van der Waals surface area contributed by atoms with E-state index in [0.717, 1.165) is 68.4 Å². The van der Waals surface area contributed by atoms with Gasteiger partial charge in [0.25, 0.3) is 6.47 Å². The second kappa shape index (κ2) is 13.8. The Morgan fingerprint density at radius 1 is 1.17 bits per heavy atom. The van der Waals surface area contributed by atoms with Gasteiger partial charge in [-0.1, -0.05) is 19.4 Å². The molecule has 196 valence electrons. The zero-order valence-electron chi connectivity index (χ0n) is 21.7. The van der Waals surface area contributed by atoms with Crippen LogP contribution in [0.4, 0.5) is 0 Å². The molecule has 0 unspecified atom stereocenters. The monoisotopic (exact) mass is 506 g/mol. The summed E-state index contributed by atoms with van der Waals surface area (Å²) in [4.78, 5) is 15.4. The number of ether oxygens (including phenoxy) is 1. The summed E-state index contributed by atoms with van der Waals surface area (Å²) in [6, 6.07) is 8.54. The number of carboxylic acid groups (broad SMARTS) is 1. The molecule has 0 spiro atoms. The summed E-state index contributed by atoms with van der Waals surface area (Å²) in [5, 5.41) is 8.04. The van der Waals surface area contributed by atoms with E-state index < -0.39 is 14.6 Å². The number of likely N-dealkylation sites (tertiary alicyclic amines) is 1. The molecule has 1 saturated heterocycles. The molecular weight excluding hydrogens is 464 g/mol. The van der Waals surface area contributed by atoms with Crippen LogP contribution >= 0.6 is 0 Å². The second-order valence-electron chi connectivity index (χ2n) is 10.2. The van der Waals surface area contributed by atoms with Crippen molar-refractivity contribution in [2.45, 2.75) is 83.5 Å². The number of hydrogen-bond acceptors (Lipinski definition) is 6. The Hall–Kier alpha value is -2.19. The molecule has 0 atom stereocenters. The van der Waals surface area contributed by atoms with Crippen LogP contribution in [0.3, 0.4) is 0 Å². The highest BCUT2D eigenvalue weighted by Gasteiger charge is 2.28. The predicted octanol–water partition coefficient (Wildman–Crippen LogP) is 5.11. The summed E-state index contributed by atoms with van der Waals surface area (Å²) < 4.78 is 30.3. The van der Waals surface area contributed by atoms with Gasteiger partial charge >= 0.3 is 0 Å². The van der Waals surface area contributed by atoms with E-state index >= 15 is 0 Å². The summed E-state index contributed by atoms with van der Waals surface area (Å²) in [5.74, 6) is 1.20. The van der Waals surface area contributed by atoms with Crippen molar-refractivity contribution in [2.24, 2.45) is 0 Å². The zero-order chi connectivity index (χ0) is 25.9. The van der Waals surface area contributed by atoms with Gasteiger partial charge in [-0.25, -0.2) is 8.42 Å². The minimum atomic E-state index is -3.02. The number of piperidine rings is 1. The maximum atomic E-state index is 12.3. The maximum Gasteiger partial charge on any atom is 0.290 e. The van der Waals surface area contributed by atoms with Crippen LogP contribution in [-0.4, -0.2) is 66.1 Å². The molecule has 1 N–H and O–H groups in total. The molecule has 1 aromatic carbocycles. The molecule has 0 radical (unpaired) electrons. The van der Waals surface area contributed by atoms with E-state index in [4.69, 9.17) is 14.6 Å². The van der Waals surface area contributed by atoms with Crippen molar-refractivity contribution in [3.8, 4) is 5.75 Å². The van der Waals surface area contributed by atoms with Gasteiger partial charge in [0.15, 0.2) is 9.84 Å². The SMILES string of the molecule is CCCCc1cc(OC2CCN(CCCCS(=O)(=O)C(C)(C)C)CC2)c2ncccc2c1.O=CO. The number of fused-ring (bicyclic) bond motifs is 1. The van der Waals surface area contributed by atoms with E-state index in [-0.39, 0.29) is 18.3 Å². The zero-order valence-corrected chi connectivity index (χ0v) is 22.5. The number of nitrogens with zero attached hydrogens (tertiary/aromatic N) is 2. The van der Waals surface area contributed by atoms with Gasteiger partial charge in [-0.15, -0.1) is 0 Å². The third kappa shape index (κ3) is 9.08. The molecule has 0 aliphatic carbocycles. The molecule has 0 amide bonds. The average molecular weight is 507 g/mol. The lowest BCUT2D eigenvalue weighted by atomic mass is 10.0. The van der Waals surface area contributed by atoms with E-state index in [2.05, 4.69) is 35.0 Å². The summed E-state index contributed by atoms with van der Waals surface area (Å²) in [7, 11) is -3.02. The fraction of sp³-hybridized carbons (Fsp3) is 0.630. The fourth-order valence-corrected chi connectivity index (χ4v) is 5.39. The third-order valence-corrected chi connectivity index (χ3v) is 9.14. The minimum Gasteiger partial charge on any atom is -0.488 e. The van der Waals surface area contributed by atoms with Gasteiger partial charge in [0.05, 0.1) is 10.5 Å². The third-order valence-electron chi connectivity index (χ3n) is 6.45. The Morgan fingerprint density at radius 3 is 2.49 bits per heavy atom. The Bertz CT molecular complexity index is 1030. The largest absolute Gasteiger partial charge is 0.488 e. The molecule has 35 heavy (non-hydrogen) atoms. The number of carbonyl (C=O) groups is 1. The number of unbranched alkanes of at least 4 members (excludes halogenated alkanes) is 2. The van der Waals surface area contributed by atoms with Gasteiger partial charge in [-0.05, 0) is 89.6 Å². The summed E-state index contributed by atoms with van der Waals surface area (Å²) in [6.07, 6.45) is 9.13. The number of aryl methyl sites for hydroxylation is 1. The molecule has 2 aromatic rings. The summed E-state index contributed by atoms with van der Waals surface area (Å²) >= 11 is 0. The number of benzene rings is 1. The first-order chi connectivity index (χ1) is 16.6. The summed E-state index contributed by atoms with van der Waals surface area (Å²) in [5.41, 5.74) is 2.28. The number of hydrogen-bond donors (Lipinski definition) is 1. The first-order valence-corrected chi connectivity index (χ1v) is 14.3. The highest BCUT2D eigenvalue weighted by atomic mass is 32.2. The van der Waals surface area contributed by atoms with E-state index in [0.29, 0.717) is 0 Å². The average Bonchev–Trinajstić information content (AvgIpc) is 2.81. The molecule has 0 saturated carbocycles. The van der Waals surface area contributed by atoms with Crippen LogP contribution < -0.4 is 4.74 Å². The van der Waals surface area contributed by atoms with Gasteiger partial charge in [0.1, 0.15) is 17.4 Å². The lowest BCUT2D eigenvalue weighted by molar-refractivity contribution is -0.122. The van der Waals surface area contributed by atoms with Crippen molar-refractivity contribution in [1.29, 1.82) is 0 Å². The van der Waals surface area contributed by atoms with Crippen LogP contribution in [0.1, 0.15) is 71.8 Å². The van der Waals surface area contributed by atoms with Gasteiger partial charge in [0, 0.05) is 24.7 Å². The highest BCUT2D eigenvalue weighted by Crippen LogP contribution is 2.29. The Morgan fingerprint density at radius 2 is 1.86 bits per heavy atom. The molecule has 1 aromatic heterocycles. The van der Waals surface area contributed by atoms with Crippen molar-refractivity contribution < 1.29 is 23.1 Å². The smallest absolute Gasteiger partial charge is 0.290 e. The molecule has 2 heterocycles. The van der Waals surface area contributed by atoms with Crippen LogP contribution in [0, 0.1) is 0 Å². The first-order valence-electron chi connectivity index (χ1n) is 12.7. The van der Waals surface area contributed by atoms with Crippen molar-refractivity contribution in [1.82, 2.24) is 9.88 Å². The van der Waals surface area contributed by atoms with Crippen molar-refractivity contribution in [3.05, 3.63) is 36.0 Å². The van der Waals surface area contributed by atoms with E-state index in [9.17, 15) is 8.42 Å². The number of rotatable bonds is 10. The molecule has 7 nitrogen and oxygen atoms in total. The van der Waals surface area contributed by atoms with Crippen LogP contribution in [0.5, 0.6) is 5.75 Å². The molecule has 8 heteroatoms. The molecule has 1 aliphatic rings. The topological polar surface area (TPSA) is 96.8 Å². The van der Waals surface area contributed by atoms with Crippen LogP contribution in [0.2, 0.25) is 0 Å². The highest BCUT2D eigenvalue weighted by molar-refractivity contribution is 7.92. The van der Waals surface area contributed by atoms with E-state index in [1.165, 1.54) is 18.4 Å². The Kier molecular flexibility index (Phi) is 11.4. The second-order valence-corrected chi connectivity index (χ2v) is 13.0. The minimum absolute atomic E-state index is 0.208. The van der Waals surface area contributed by atoms with Crippen LogP contribution in [0.25, 0.3) is 10.9 Å². The van der Waals surface area contributed by atoms with Gasteiger partial charge in [0.2, 0.25) is 0 Å². The van der Waals surface area contributed by atoms with Crippen LogP contribution in [0.15, 0.2) is 30.5 Å².